The molecule has 1 rings (SSSR count). The minimum atomic E-state index is -4.25. The molecule has 0 aromatic carbocycles. The summed E-state index contributed by atoms with van der Waals surface area (Å²) in [5.41, 5.74) is 5.56. The van der Waals surface area contributed by atoms with Gasteiger partial charge in [-0.1, -0.05) is 6.42 Å². The van der Waals surface area contributed by atoms with Crippen molar-refractivity contribution in [2.24, 2.45) is 11.7 Å². The van der Waals surface area contributed by atoms with Gasteiger partial charge in [0.2, 0.25) is 5.91 Å². The number of hydrogen-bond acceptors (Lipinski definition) is 4. The van der Waals surface area contributed by atoms with Crippen molar-refractivity contribution < 1.29 is 26.4 Å². The number of carbonyl (C=O) groups excluding carboxylic acids is 1. The van der Waals surface area contributed by atoms with E-state index in [2.05, 4.69) is 5.32 Å². The Labute approximate surface area is 122 Å². The van der Waals surface area contributed by atoms with Gasteiger partial charge in [-0.3, -0.25) is 4.79 Å². The van der Waals surface area contributed by atoms with Gasteiger partial charge in [-0.05, 0) is 25.7 Å². The van der Waals surface area contributed by atoms with Crippen molar-refractivity contribution in [1.29, 1.82) is 0 Å². The lowest BCUT2D eigenvalue weighted by Gasteiger charge is -2.31. The molecule has 0 heterocycles. The van der Waals surface area contributed by atoms with Crippen LogP contribution in [-0.4, -0.2) is 44.6 Å². The molecule has 0 bridgehead atoms. The van der Waals surface area contributed by atoms with Gasteiger partial charge in [0.25, 0.3) is 0 Å². The first-order valence-electron chi connectivity index (χ1n) is 6.79. The van der Waals surface area contributed by atoms with Crippen molar-refractivity contribution in [2.75, 3.05) is 12.0 Å². The Morgan fingerprint density at radius 3 is 2.52 bits per heavy atom. The van der Waals surface area contributed by atoms with Crippen LogP contribution < -0.4 is 11.1 Å². The predicted octanol–water partition coefficient (Wildman–Crippen LogP) is 0.986. The summed E-state index contributed by atoms with van der Waals surface area (Å²) in [5, 5.41) is 2.50. The molecule has 0 aromatic rings. The fourth-order valence-electron chi connectivity index (χ4n) is 2.40. The van der Waals surface area contributed by atoms with Crippen molar-refractivity contribution in [3.05, 3.63) is 0 Å². The molecule has 1 amide bonds. The normalized spacial score (nSPS) is 25.4. The number of amides is 1. The van der Waals surface area contributed by atoms with Gasteiger partial charge >= 0.3 is 6.18 Å². The average molecular weight is 330 g/mol. The molecule has 1 aliphatic carbocycles. The van der Waals surface area contributed by atoms with Gasteiger partial charge in [-0.15, -0.1) is 0 Å². The van der Waals surface area contributed by atoms with E-state index in [-0.39, 0.29) is 25.0 Å². The van der Waals surface area contributed by atoms with Gasteiger partial charge in [0.1, 0.15) is 9.84 Å². The maximum atomic E-state index is 12.7. The molecule has 3 unspecified atom stereocenters. The lowest BCUT2D eigenvalue weighted by Crippen LogP contribution is -2.48. The van der Waals surface area contributed by atoms with Gasteiger partial charge in [-0.25, -0.2) is 8.42 Å². The van der Waals surface area contributed by atoms with Gasteiger partial charge in [0.05, 0.1) is 17.7 Å². The number of alkyl halides is 3. The van der Waals surface area contributed by atoms with Crippen LogP contribution in [-0.2, 0) is 14.6 Å². The van der Waals surface area contributed by atoms with E-state index in [4.69, 9.17) is 5.73 Å². The zero-order chi connectivity index (χ0) is 16.3. The van der Waals surface area contributed by atoms with Gasteiger partial charge in [0.15, 0.2) is 0 Å². The van der Waals surface area contributed by atoms with E-state index in [9.17, 15) is 26.4 Å². The lowest BCUT2D eigenvalue weighted by atomic mass is 9.85. The molecule has 1 saturated carbocycles. The molecule has 0 aromatic heterocycles. The quantitative estimate of drug-likeness (QED) is 0.786. The molecule has 1 fully saturated rings. The van der Waals surface area contributed by atoms with Crippen molar-refractivity contribution in [1.82, 2.24) is 5.32 Å². The zero-order valence-corrected chi connectivity index (χ0v) is 12.6. The highest BCUT2D eigenvalue weighted by Crippen LogP contribution is 2.37. The van der Waals surface area contributed by atoms with Gasteiger partial charge in [-0.2, -0.15) is 13.2 Å². The van der Waals surface area contributed by atoms with Crippen LogP contribution in [0.4, 0.5) is 13.2 Å². The summed E-state index contributed by atoms with van der Waals surface area (Å²) >= 11 is 0. The fraction of sp³-hybridized carbons (Fsp3) is 0.917. The van der Waals surface area contributed by atoms with Gasteiger partial charge < -0.3 is 11.1 Å². The highest BCUT2D eigenvalue weighted by molar-refractivity contribution is 7.90. The van der Waals surface area contributed by atoms with Crippen LogP contribution in [0.5, 0.6) is 0 Å². The SMILES string of the molecule is CS(=O)(=O)CCC(N)C(=O)NC1CCCC(C(F)(F)F)C1. The van der Waals surface area contributed by atoms with E-state index in [1.165, 1.54) is 0 Å². The predicted molar refractivity (Wildman–Crippen MR) is 72.2 cm³/mol. The first-order chi connectivity index (χ1) is 9.49. The molecule has 0 radical (unpaired) electrons. The maximum absolute atomic E-state index is 12.7. The second-order valence-electron chi connectivity index (χ2n) is 5.64. The number of nitrogens with two attached hydrogens (primary N) is 1. The number of sulfone groups is 1. The molecule has 0 spiro atoms. The van der Waals surface area contributed by atoms with Crippen molar-refractivity contribution in [3.63, 3.8) is 0 Å². The molecule has 124 valence electrons. The largest absolute Gasteiger partial charge is 0.391 e. The highest BCUT2D eigenvalue weighted by atomic mass is 32.2. The second kappa shape index (κ2) is 6.95. The maximum Gasteiger partial charge on any atom is 0.391 e. The Kier molecular flexibility index (Phi) is 6.03. The van der Waals surface area contributed by atoms with Crippen LogP contribution >= 0.6 is 0 Å². The van der Waals surface area contributed by atoms with Crippen LogP contribution in [0.25, 0.3) is 0 Å². The number of halogens is 3. The topological polar surface area (TPSA) is 89.3 Å². The summed E-state index contributed by atoms with van der Waals surface area (Å²) in [6.45, 7) is 0. The summed E-state index contributed by atoms with van der Waals surface area (Å²) in [4.78, 5) is 11.8. The third-order valence-corrected chi connectivity index (χ3v) is 4.60. The molecule has 1 aliphatic rings. The molecule has 0 saturated heterocycles. The summed E-state index contributed by atoms with van der Waals surface area (Å²) in [7, 11) is -3.22. The summed E-state index contributed by atoms with van der Waals surface area (Å²) in [6, 6.07) is -1.58. The Morgan fingerprint density at radius 1 is 1.38 bits per heavy atom. The smallest absolute Gasteiger partial charge is 0.352 e. The lowest BCUT2D eigenvalue weighted by molar-refractivity contribution is -0.184. The number of nitrogens with one attached hydrogen (secondary N) is 1. The molecule has 3 atom stereocenters. The van der Waals surface area contributed by atoms with E-state index >= 15 is 0 Å². The molecule has 21 heavy (non-hydrogen) atoms. The first-order valence-corrected chi connectivity index (χ1v) is 8.85. The third kappa shape index (κ3) is 6.64. The van der Waals surface area contributed by atoms with E-state index < -0.39 is 39.9 Å². The van der Waals surface area contributed by atoms with E-state index in [1.807, 2.05) is 0 Å². The van der Waals surface area contributed by atoms with Crippen LogP contribution in [0, 0.1) is 5.92 Å². The van der Waals surface area contributed by atoms with E-state index in [1.54, 1.807) is 0 Å². The fourth-order valence-corrected chi connectivity index (χ4v) is 3.08. The van der Waals surface area contributed by atoms with Gasteiger partial charge in [0, 0.05) is 12.3 Å². The number of carbonyl (C=O) groups is 1. The number of rotatable bonds is 5. The first kappa shape index (κ1) is 18.2. The molecule has 0 aliphatic heterocycles. The second-order valence-corrected chi connectivity index (χ2v) is 7.90. The van der Waals surface area contributed by atoms with Crippen LogP contribution in [0.2, 0.25) is 0 Å². The Hall–Kier alpha value is -0.830. The van der Waals surface area contributed by atoms with E-state index in [0.29, 0.717) is 12.8 Å². The Morgan fingerprint density at radius 2 is 2.00 bits per heavy atom. The summed E-state index contributed by atoms with van der Waals surface area (Å²) < 4.78 is 60.0. The van der Waals surface area contributed by atoms with Crippen molar-refractivity contribution >= 4 is 15.7 Å². The molecule has 5 nitrogen and oxygen atoms in total. The standard InChI is InChI=1S/C12H21F3N2O3S/c1-21(19,20)6-5-10(16)11(18)17-9-4-2-3-8(7-9)12(13,14)15/h8-10H,2-7,16H2,1H3,(H,17,18). The zero-order valence-electron chi connectivity index (χ0n) is 11.8. The minimum absolute atomic E-state index is 0.0416. The average Bonchev–Trinajstić information content (AvgIpc) is 2.34. The van der Waals surface area contributed by atoms with E-state index in [0.717, 1.165) is 6.26 Å². The summed E-state index contributed by atoms with van der Waals surface area (Å²) in [6.07, 6.45) is -2.44. The Balaban J connectivity index is 2.47. The summed E-state index contributed by atoms with van der Waals surface area (Å²) in [5.74, 6) is -2.22. The molecular formula is C12H21F3N2O3S. The van der Waals surface area contributed by atoms with Crippen molar-refractivity contribution in [3.8, 4) is 0 Å². The third-order valence-electron chi connectivity index (χ3n) is 3.62. The minimum Gasteiger partial charge on any atom is -0.352 e. The van der Waals surface area contributed by atoms with Crippen LogP contribution in [0.15, 0.2) is 0 Å². The molecular weight excluding hydrogens is 309 g/mol. The Bertz CT molecular complexity index is 465. The molecule has 9 heteroatoms. The van der Waals surface area contributed by atoms with Crippen LogP contribution in [0.1, 0.15) is 32.1 Å². The van der Waals surface area contributed by atoms with Crippen molar-refractivity contribution in [2.45, 2.75) is 50.4 Å². The monoisotopic (exact) mass is 330 g/mol. The highest BCUT2D eigenvalue weighted by Gasteiger charge is 2.42. The van der Waals surface area contributed by atoms with Crippen LogP contribution in [0.3, 0.4) is 0 Å². The number of hydrogen-bond donors (Lipinski definition) is 2. The molecule has 3 N–H and O–H groups in total.